The number of anilines is 1. The fraction of sp³-hybridized carbons (Fsp3) is 0.158. The highest BCUT2D eigenvalue weighted by molar-refractivity contribution is 9.10. The van der Waals surface area contributed by atoms with E-state index in [0.717, 1.165) is 11.9 Å². The van der Waals surface area contributed by atoms with Gasteiger partial charge in [-0.05, 0) is 64.6 Å². The minimum atomic E-state index is -0.501. The molecule has 0 unspecified atom stereocenters. The summed E-state index contributed by atoms with van der Waals surface area (Å²) in [5.41, 5.74) is 1.39. The van der Waals surface area contributed by atoms with E-state index in [1.54, 1.807) is 37.4 Å². The first kappa shape index (κ1) is 23.1. The Morgan fingerprint density at radius 1 is 1.32 bits per heavy atom. The van der Waals surface area contributed by atoms with Crippen LogP contribution in [0, 0.1) is 6.92 Å². The van der Waals surface area contributed by atoms with Crippen LogP contribution in [0.4, 0.5) is 5.69 Å². The Morgan fingerprint density at radius 3 is 2.77 bits per heavy atom. The summed E-state index contributed by atoms with van der Waals surface area (Å²) in [5, 5.41) is 15.4. The van der Waals surface area contributed by atoms with Gasteiger partial charge in [-0.15, -0.1) is 0 Å². The minimum absolute atomic E-state index is 0.176. The number of carbonyl (C=O) groups excluding carboxylic acids is 2. The molecule has 0 aliphatic carbocycles. The number of pyridine rings is 1. The summed E-state index contributed by atoms with van der Waals surface area (Å²) in [6, 6.07) is 8.11. The highest BCUT2D eigenvalue weighted by atomic mass is 79.9. The van der Waals surface area contributed by atoms with E-state index in [9.17, 15) is 9.59 Å². The van der Waals surface area contributed by atoms with Crippen LogP contribution >= 0.6 is 39.5 Å². The van der Waals surface area contributed by atoms with Crippen LogP contribution in [0.15, 0.2) is 41.1 Å². The molecule has 0 aliphatic rings. The Kier molecular flexibility index (Phi) is 7.55. The smallest absolute Gasteiger partial charge is 0.274 e. The van der Waals surface area contributed by atoms with Gasteiger partial charge >= 0.3 is 0 Å². The fourth-order valence-corrected chi connectivity index (χ4v) is 3.59. The first-order valence-electron chi connectivity index (χ1n) is 8.84. The summed E-state index contributed by atoms with van der Waals surface area (Å²) in [6.07, 6.45) is 1.55. The Hall–Kier alpha value is -2.60. The number of hydrogen-bond acceptors (Lipinski definition) is 7. The largest absolute Gasteiger partial charge is 0.482 e. The molecular weight excluding hydrogens is 508 g/mol. The molecule has 0 radical (unpaired) electrons. The van der Waals surface area contributed by atoms with Gasteiger partial charge in [0.1, 0.15) is 22.0 Å². The maximum atomic E-state index is 13.2. The van der Waals surface area contributed by atoms with Gasteiger partial charge in [-0.1, -0.05) is 11.6 Å². The van der Waals surface area contributed by atoms with Gasteiger partial charge in [0.2, 0.25) is 0 Å². The van der Waals surface area contributed by atoms with Gasteiger partial charge in [0.25, 0.3) is 11.8 Å². The van der Waals surface area contributed by atoms with Crippen molar-refractivity contribution in [3.63, 3.8) is 0 Å². The van der Waals surface area contributed by atoms with Crippen LogP contribution in [-0.4, -0.2) is 39.6 Å². The number of aryl methyl sites for hydroxylation is 1. The first-order chi connectivity index (χ1) is 14.8. The van der Waals surface area contributed by atoms with E-state index >= 15 is 0 Å². The average molecular weight is 526 g/mol. The molecule has 0 saturated heterocycles. The number of nitrogens with one attached hydrogen (secondary N) is 2. The van der Waals surface area contributed by atoms with Gasteiger partial charge < -0.3 is 15.4 Å². The molecule has 0 bridgehead atoms. The number of nitrogens with zero attached hydrogens (tertiary/aromatic N) is 3. The highest BCUT2D eigenvalue weighted by Crippen LogP contribution is 2.29. The lowest BCUT2D eigenvalue weighted by atomic mass is 10.1. The number of amides is 2. The van der Waals surface area contributed by atoms with Crippen LogP contribution in [0.3, 0.4) is 0 Å². The number of rotatable bonds is 7. The van der Waals surface area contributed by atoms with Crippen LogP contribution in [0.2, 0.25) is 5.02 Å². The number of hydrogen-bond donors (Lipinski definition) is 3. The Morgan fingerprint density at radius 2 is 2.10 bits per heavy atom. The predicted octanol–water partition coefficient (Wildman–Crippen LogP) is 3.55. The minimum Gasteiger partial charge on any atom is -0.482 e. The second-order valence-electron chi connectivity index (χ2n) is 6.20. The average Bonchev–Trinajstić information content (AvgIpc) is 3.15. The van der Waals surface area contributed by atoms with Crippen molar-refractivity contribution in [3.8, 4) is 11.6 Å². The van der Waals surface area contributed by atoms with Crippen molar-refractivity contribution in [2.45, 2.75) is 6.92 Å². The Balaban J connectivity index is 2.01. The molecule has 2 amide bonds. The van der Waals surface area contributed by atoms with Gasteiger partial charge in [-0.2, -0.15) is 5.10 Å². The molecule has 0 atom stereocenters. The predicted molar refractivity (Wildman–Crippen MR) is 124 cm³/mol. The zero-order valence-corrected chi connectivity index (χ0v) is 19.6. The molecule has 9 nitrogen and oxygen atoms in total. The maximum absolute atomic E-state index is 13.2. The Bertz CT molecular complexity index is 1140. The molecule has 1 aromatic carbocycles. The fourth-order valence-electron chi connectivity index (χ4n) is 2.81. The van der Waals surface area contributed by atoms with Gasteiger partial charge in [-0.3, -0.25) is 14.7 Å². The van der Waals surface area contributed by atoms with Crippen molar-refractivity contribution in [2.24, 2.45) is 5.14 Å². The molecule has 3 rings (SSSR count). The van der Waals surface area contributed by atoms with Crippen molar-refractivity contribution in [3.05, 3.63) is 63.0 Å². The zero-order valence-electron chi connectivity index (χ0n) is 16.5. The van der Waals surface area contributed by atoms with Gasteiger partial charge in [-0.25, -0.2) is 9.67 Å². The van der Waals surface area contributed by atoms with Crippen molar-refractivity contribution in [1.29, 1.82) is 0 Å². The third-order valence-electron chi connectivity index (χ3n) is 4.16. The van der Waals surface area contributed by atoms with Crippen LogP contribution in [0.5, 0.6) is 5.75 Å². The van der Waals surface area contributed by atoms with E-state index in [2.05, 4.69) is 36.6 Å². The summed E-state index contributed by atoms with van der Waals surface area (Å²) in [4.78, 5) is 29.8. The number of aromatic nitrogens is 3. The van der Waals surface area contributed by atoms with Gasteiger partial charge in [0, 0.05) is 19.3 Å². The second-order valence-corrected chi connectivity index (χ2v) is 7.99. The molecule has 12 heteroatoms. The summed E-state index contributed by atoms with van der Waals surface area (Å²) < 4.78 is 7.26. The van der Waals surface area contributed by atoms with E-state index in [4.69, 9.17) is 21.5 Å². The van der Waals surface area contributed by atoms with Crippen molar-refractivity contribution in [2.75, 3.05) is 18.3 Å². The van der Waals surface area contributed by atoms with Crippen molar-refractivity contribution < 1.29 is 14.3 Å². The van der Waals surface area contributed by atoms with Crippen LogP contribution in [-0.2, 0) is 0 Å². The molecule has 2 heterocycles. The molecule has 0 saturated carbocycles. The Labute approximate surface area is 196 Å². The number of nitrogens with two attached hydrogens (primary N) is 1. The normalized spacial score (nSPS) is 10.6. The number of halogens is 2. The molecule has 162 valence electrons. The summed E-state index contributed by atoms with van der Waals surface area (Å²) in [7, 11) is 1.50. The van der Waals surface area contributed by atoms with Crippen molar-refractivity contribution in [1.82, 2.24) is 20.1 Å². The van der Waals surface area contributed by atoms with Crippen LogP contribution in [0.25, 0.3) is 5.82 Å². The zero-order chi connectivity index (χ0) is 22.5. The highest BCUT2D eigenvalue weighted by Gasteiger charge is 2.22. The summed E-state index contributed by atoms with van der Waals surface area (Å²) >= 11 is 10.5. The molecule has 0 aliphatic heterocycles. The topological polar surface area (TPSA) is 124 Å². The van der Waals surface area contributed by atoms with Crippen LogP contribution < -0.4 is 20.5 Å². The first-order valence-corrected chi connectivity index (χ1v) is 11.1. The molecule has 0 fully saturated rings. The third-order valence-corrected chi connectivity index (χ3v) is 5.10. The standard InChI is InChI=1S/C19H18BrClN6O3S/c1-10-6-11(30-9-31-22)7-12(18(28)23-2)16(10)25-19(29)14-8-15(20)26-27(14)17-13(21)4-3-5-24-17/h3-8H,9,22H2,1-2H3,(H,23,28)(H,25,29). The quantitative estimate of drug-likeness (QED) is 0.318. The van der Waals surface area contributed by atoms with E-state index in [-0.39, 0.29) is 23.1 Å². The summed E-state index contributed by atoms with van der Waals surface area (Å²) in [6.45, 7) is 1.76. The maximum Gasteiger partial charge on any atom is 0.274 e. The van der Waals surface area contributed by atoms with E-state index in [1.807, 2.05) is 0 Å². The molecule has 2 aromatic heterocycles. The second kappa shape index (κ2) is 10.1. The molecule has 4 N–H and O–H groups in total. The monoisotopic (exact) mass is 524 g/mol. The van der Waals surface area contributed by atoms with Gasteiger partial charge in [0.15, 0.2) is 5.82 Å². The number of ether oxygens (including phenoxy) is 1. The summed E-state index contributed by atoms with van der Waals surface area (Å²) in [5.74, 6) is 0.0913. The SMILES string of the molecule is CNC(=O)c1cc(OCSN)cc(C)c1NC(=O)c1cc(Br)nn1-c1ncccc1Cl. The lowest BCUT2D eigenvalue weighted by Gasteiger charge is -2.16. The molecule has 3 aromatic rings. The number of benzene rings is 1. The van der Waals surface area contributed by atoms with Crippen LogP contribution in [0.1, 0.15) is 26.4 Å². The lowest BCUT2D eigenvalue weighted by Crippen LogP contribution is -2.23. The van der Waals surface area contributed by atoms with Gasteiger partial charge in [0.05, 0.1) is 16.3 Å². The van der Waals surface area contributed by atoms with E-state index in [0.29, 0.717) is 32.4 Å². The van der Waals surface area contributed by atoms with Crippen molar-refractivity contribution >= 4 is 57.0 Å². The molecule has 31 heavy (non-hydrogen) atoms. The number of carbonyl (C=O) groups is 2. The molecular formula is C19H18BrClN6O3S. The third kappa shape index (κ3) is 5.18. The lowest BCUT2D eigenvalue weighted by molar-refractivity contribution is 0.0963. The van der Waals surface area contributed by atoms with E-state index < -0.39 is 5.91 Å². The molecule has 0 spiro atoms. The van der Waals surface area contributed by atoms with E-state index in [1.165, 1.54) is 17.8 Å².